The second kappa shape index (κ2) is 3.33. The fraction of sp³-hybridized carbons (Fsp3) is 0.333. The van der Waals surface area contributed by atoms with Crippen molar-refractivity contribution in [3.8, 4) is 0 Å². The van der Waals surface area contributed by atoms with Gasteiger partial charge in [0.05, 0.1) is 6.42 Å². The Bertz CT molecular complexity index is 554. The molecule has 0 atom stereocenters. The number of nitrogens with zero attached hydrogens (tertiary/aromatic N) is 1. The predicted octanol–water partition coefficient (Wildman–Crippen LogP) is 2.33. The zero-order valence-electron chi connectivity index (χ0n) is 8.64. The maximum absolute atomic E-state index is 10.6. The Balaban J connectivity index is 1.99. The summed E-state index contributed by atoms with van der Waals surface area (Å²) in [7, 11) is 0. The minimum atomic E-state index is -0.828. The van der Waals surface area contributed by atoms with Crippen molar-refractivity contribution in [2.75, 3.05) is 0 Å². The van der Waals surface area contributed by atoms with Crippen molar-refractivity contribution in [2.45, 2.75) is 25.2 Å². The molecule has 82 valence electrons. The molecule has 0 unspecified atom stereocenters. The highest BCUT2D eigenvalue weighted by atomic mass is 16.4. The highest BCUT2D eigenvalue weighted by Crippen LogP contribution is 2.40. The van der Waals surface area contributed by atoms with Crippen molar-refractivity contribution in [3.63, 3.8) is 0 Å². The van der Waals surface area contributed by atoms with Gasteiger partial charge in [0, 0.05) is 5.92 Å². The molecule has 0 amide bonds. The first-order chi connectivity index (χ1) is 7.72. The van der Waals surface area contributed by atoms with Crippen LogP contribution in [0.2, 0.25) is 0 Å². The zero-order chi connectivity index (χ0) is 11.1. The summed E-state index contributed by atoms with van der Waals surface area (Å²) in [6.45, 7) is 0. The molecule has 1 N–H and O–H groups in total. The van der Waals surface area contributed by atoms with E-state index in [-0.39, 0.29) is 6.42 Å². The topological polar surface area (TPSA) is 63.3 Å². The van der Waals surface area contributed by atoms with Gasteiger partial charge >= 0.3 is 5.97 Å². The van der Waals surface area contributed by atoms with Crippen LogP contribution in [0.25, 0.3) is 11.1 Å². The first-order valence-electron chi connectivity index (χ1n) is 5.33. The van der Waals surface area contributed by atoms with E-state index in [9.17, 15) is 4.79 Å². The van der Waals surface area contributed by atoms with Gasteiger partial charge in [0.2, 0.25) is 0 Å². The van der Waals surface area contributed by atoms with Crippen LogP contribution in [0.1, 0.15) is 30.2 Å². The molecule has 16 heavy (non-hydrogen) atoms. The van der Waals surface area contributed by atoms with E-state index >= 15 is 0 Å². The fourth-order valence-corrected chi connectivity index (χ4v) is 1.78. The van der Waals surface area contributed by atoms with Gasteiger partial charge in [-0.3, -0.25) is 4.79 Å². The van der Waals surface area contributed by atoms with Crippen molar-refractivity contribution in [1.29, 1.82) is 0 Å². The second-order valence-corrected chi connectivity index (χ2v) is 4.20. The second-order valence-electron chi connectivity index (χ2n) is 4.20. The number of aliphatic carboxylic acids is 1. The number of carbonyl (C=O) groups is 1. The largest absolute Gasteiger partial charge is 0.481 e. The molecule has 1 aromatic carbocycles. The van der Waals surface area contributed by atoms with Gasteiger partial charge < -0.3 is 9.52 Å². The zero-order valence-corrected chi connectivity index (χ0v) is 8.64. The molecule has 1 fully saturated rings. The molecule has 0 bridgehead atoms. The Morgan fingerprint density at radius 1 is 1.50 bits per heavy atom. The Hall–Kier alpha value is -1.84. The third kappa shape index (κ3) is 1.66. The molecule has 1 aromatic heterocycles. The van der Waals surface area contributed by atoms with Crippen LogP contribution < -0.4 is 0 Å². The van der Waals surface area contributed by atoms with Crippen molar-refractivity contribution in [1.82, 2.24) is 4.98 Å². The maximum atomic E-state index is 10.6. The first-order valence-corrected chi connectivity index (χ1v) is 5.33. The molecule has 0 saturated heterocycles. The average molecular weight is 217 g/mol. The molecule has 1 aliphatic rings. The van der Waals surface area contributed by atoms with Gasteiger partial charge in [-0.2, -0.15) is 0 Å². The molecule has 0 spiro atoms. The number of carboxylic acid groups (broad SMARTS) is 1. The van der Waals surface area contributed by atoms with Crippen molar-refractivity contribution in [2.24, 2.45) is 0 Å². The van der Waals surface area contributed by atoms with Crippen molar-refractivity contribution < 1.29 is 14.3 Å². The summed E-state index contributed by atoms with van der Waals surface area (Å²) in [5, 5.41) is 8.70. The van der Waals surface area contributed by atoms with Gasteiger partial charge in [-0.05, 0) is 30.5 Å². The number of oxazole rings is 1. The minimum absolute atomic E-state index is 0.0293. The third-order valence-corrected chi connectivity index (χ3v) is 2.75. The third-order valence-electron chi connectivity index (χ3n) is 2.75. The van der Waals surface area contributed by atoms with Crippen LogP contribution in [-0.4, -0.2) is 16.1 Å². The molecule has 4 heteroatoms. The Labute approximate surface area is 91.9 Å². The van der Waals surface area contributed by atoms with Gasteiger partial charge in [-0.15, -0.1) is 0 Å². The van der Waals surface area contributed by atoms with Crippen molar-refractivity contribution >= 4 is 17.1 Å². The lowest BCUT2D eigenvalue weighted by Gasteiger charge is -1.94. The first kappa shape index (κ1) is 9.39. The van der Waals surface area contributed by atoms with E-state index in [1.807, 2.05) is 0 Å². The lowest BCUT2D eigenvalue weighted by molar-refractivity contribution is -0.136. The van der Waals surface area contributed by atoms with E-state index in [0.717, 1.165) is 35.4 Å². The van der Waals surface area contributed by atoms with E-state index in [2.05, 4.69) is 4.98 Å². The standard InChI is InChI=1S/C12H11NO3/c14-11(15)6-7-1-4-10-9(5-7)13-12(16-10)8-2-3-8/h1,4-5,8H,2-3,6H2,(H,14,15). The Morgan fingerprint density at radius 2 is 2.31 bits per heavy atom. The van der Waals surface area contributed by atoms with Gasteiger partial charge in [0.15, 0.2) is 11.5 Å². The van der Waals surface area contributed by atoms with Crippen LogP contribution >= 0.6 is 0 Å². The average Bonchev–Trinajstić information content (AvgIpc) is 2.98. The van der Waals surface area contributed by atoms with Crippen LogP contribution in [0.4, 0.5) is 0 Å². The van der Waals surface area contributed by atoms with E-state index in [0.29, 0.717) is 5.92 Å². The Kier molecular flexibility index (Phi) is 1.96. The molecular formula is C12H11NO3. The number of hydrogen-bond donors (Lipinski definition) is 1. The van der Waals surface area contributed by atoms with Crippen LogP contribution in [0.15, 0.2) is 22.6 Å². The number of rotatable bonds is 3. The molecule has 4 nitrogen and oxygen atoms in total. The monoisotopic (exact) mass is 217 g/mol. The summed E-state index contributed by atoms with van der Waals surface area (Å²) >= 11 is 0. The van der Waals surface area contributed by atoms with Crippen LogP contribution in [0.5, 0.6) is 0 Å². The van der Waals surface area contributed by atoms with E-state index in [1.54, 1.807) is 18.2 Å². The molecule has 1 heterocycles. The van der Waals surface area contributed by atoms with Gasteiger partial charge in [-0.25, -0.2) is 4.98 Å². The van der Waals surface area contributed by atoms with Crippen LogP contribution in [0, 0.1) is 0 Å². The number of fused-ring (bicyclic) bond motifs is 1. The number of aromatic nitrogens is 1. The normalized spacial score (nSPS) is 15.5. The van der Waals surface area contributed by atoms with Gasteiger partial charge in [0.25, 0.3) is 0 Å². The quantitative estimate of drug-likeness (QED) is 0.857. The smallest absolute Gasteiger partial charge is 0.307 e. The number of hydrogen-bond acceptors (Lipinski definition) is 3. The highest BCUT2D eigenvalue weighted by Gasteiger charge is 2.28. The SMILES string of the molecule is O=C(O)Cc1ccc2oc(C3CC3)nc2c1. The predicted molar refractivity (Wildman–Crippen MR) is 57.3 cm³/mol. The summed E-state index contributed by atoms with van der Waals surface area (Å²) in [4.78, 5) is 15.0. The summed E-state index contributed by atoms with van der Waals surface area (Å²) in [5.74, 6) is 0.447. The van der Waals surface area contributed by atoms with Crippen molar-refractivity contribution in [3.05, 3.63) is 29.7 Å². The summed E-state index contributed by atoms with van der Waals surface area (Å²) in [5.41, 5.74) is 2.27. The lowest BCUT2D eigenvalue weighted by atomic mass is 10.1. The van der Waals surface area contributed by atoms with Gasteiger partial charge in [0.1, 0.15) is 5.52 Å². The molecule has 1 saturated carbocycles. The number of carboxylic acids is 1. The fourth-order valence-electron chi connectivity index (χ4n) is 1.78. The van der Waals surface area contributed by atoms with Crippen LogP contribution in [-0.2, 0) is 11.2 Å². The van der Waals surface area contributed by atoms with Crippen LogP contribution in [0.3, 0.4) is 0 Å². The summed E-state index contributed by atoms with van der Waals surface area (Å²) in [6, 6.07) is 5.36. The van der Waals surface area contributed by atoms with E-state index in [1.165, 1.54) is 0 Å². The molecule has 1 aliphatic carbocycles. The molecule has 0 radical (unpaired) electrons. The maximum Gasteiger partial charge on any atom is 0.307 e. The van der Waals surface area contributed by atoms with Gasteiger partial charge in [-0.1, -0.05) is 6.07 Å². The molecule has 0 aliphatic heterocycles. The number of benzene rings is 1. The summed E-state index contributed by atoms with van der Waals surface area (Å²) in [6.07, 6.45) is 2.32. The molecule has 2 aromatic rings. The minimum Gasteiger partial charge on any atom is -0.481 e. The van der Waals surface area contributed by atoms with E-state index < -0.39 is 5.97 Å². The lowest BCUT2D eigenvalue weighted by Crippen LogP contribution is -1.99. The molecular weight excluding hydrogens is 206 g/mol. The molecule has 3 rings (SSSR count). The summed E-state index contributed by atoms with van der Waals surface area (Å²) < 4.78 is 5.59. The Morgan fingerprint density at radius 3 is 3.00 bits per heavy atom. The highest BCUT2D eigenvalue weighted by molar-refractivity contribution is 5.76. The van der Waals surface area contributed by atoms with E-state index in [4.69, 9.17) is 9.52 Å².